The Morgan fingerprint density at radius 1 is 1.00 bits per heavy atom. The first-order chi connectivity index (χ1) is 9.83. The fraction of sp³-hybridized carbons (Fsp3) is 0.750. The molecule has 0 saturated heterocycles. The third-order valence-electron chi connectivity index (χ3n) is 2.51. The summed E-state index contributed by atoms with van der Waals surface area (Å²) < 4.78 is 15.6. The Balaban J connectivity index is 4.85. The number of hydrogen-bond donors (Lipinski definition) is 0. The third-order valence-corrected chi connectivity index (χ3v) is 2.51. The molecule has 0 amide bonds. The van der Waals surface area contributed by atoms with Crippen molar-refractivity contribution in [2.75, 3.05) is 13.2 Å². The zero-order valence-electron chi connectivity index (χ0n) is 13.8. The smallest absolute Gasteiger partial charge is 0.309 e. The van der Waals surface area contributed by atoms with E-state index in [-0.39, 0.29) is 17.8 Å². The quantitative estimate of drug-likeness (QED) is 0.297. The molecule has 5 nitrogen and oxygen atoms in total. The van der Waals surface area contributed by atoms with Gasteiger partial charge in [0, 0.05) is 19.1 Å². The van der Waals surface area contributed by atoms with Crippen molar-refractivity contribution in [3.05, 3.63) is 0 Å². The molecule has 0 rings (SSSR count). The monoisotopic (exact) mass is 298 g/mol. The zero-order valence-corrected chi connectivity index (χ0v) is 13.8. The molecular weight excluding hydrogens is 272 g/mol. The topological polar surface area (TPSA) is 61.8 Å². The summed E-state index contributed by atoms with van der Waals surface area (Å²) in [6.07, 6.45) is -1.60. The van der Waals surface area contributed by atoms with Crippen LogP contribution in [0.1, 0.15) is 41.5 Å². The Bertz CT molecular complexity index is 383. The van der Waals surface area contributed by atoms with Crippen LogP contribution in [0.25, 0.3) is 0 Å². The standard InChI is InChI=1S/C16H26O5/c1-7-19-16(20-8-2)13(17)9-10-14(11(3)4)21-15(18)12(5)6/h11-12,14,16H,7-8H2,1-6H3. The minimum absolute atomic E-state index is 0.00867. The highest BCUT2D eigenvalue weighted by Crippen LogP contribution is 2.09. The molecule has 0 N–H and O–H groups in total. The summed E-state index contributed by atoms with van der Waals surface area (Å²) in [5.74, 6) is 4.12. The number of Topliss-reactive ketones (excluding diaryl/α,β-unsaturated/α-hetero) is 1. The maximum absolute atomic E-state index is 11.9. The number of carbonyl (C=O) groups is 2. The lowest BCUT2D eigenvalue weighted by Crippen LogP contribution is -2.28. The highest BCUT2D eigenvalue weighted by Gasteiger charge is 2.20. The summed E-state index contributed by atoms with van der Waals surface area (Å²) in [5.41, 5.74) is 0. The summed E-state index contributed by atoms with van der Waals surface area (Å²) in [6, 6.07) is 0. The van der Waals surface area contributed by atoms with Crippen molar-refractivity contribution in [3.8, 4) is 11.8 Å². The zero-order chi connectivity index (χ0) is 16.4. The average Bonchev–Trinajstić information content (AvgIpc) is 2.41. The summed E-state index contributed by atoms with van der Waals surface area (Å²) in [5, 5.41) is 0. The van der Waals surface area contributed by atoms with Crippen molar-refractivity contribution in [1.82, 2.24) is 0 Å². The second kappa shape index (κ2) is 10.4. The van der Waals surface area contributed by atoms with Gasteiger partial charge in [0.05, 0.1) is 5.92 Å². The van der Waals surface area contributed by atoms with Gasteiger partial charge in [-0.1, -0.05) is 27.7 Å². The molecule has 0 aromatic rings. The minimum atomic E-state index is -0.985. The van der Waals surface area contributed by atoms with Gasteiger partial charge in [0.15, 0.2) is 6.10 Å². The summed E-state index contributed by atoms with van der Waals surface area (Å²) in [4.78, 5) is 23.5. The Morgan fingerprint density at radius 3 is 1.90 bits per heavy atom. The number of hydrogen-bond acceptors (Lipinski definition) is 5. The second-order valence-corrected chi connectivity index (χ2v) is 5.13. The van der Waals surface area contributed by atoms with Crippen molar-refractivity contribution in [3.63, 3.8) is 0 Å². The van der Waals surface area contributed by atoms with Crippen LogP contribution in [0.15, 0.2) is 0 Å². The molecule has 0 spiro atoms. The predicted octanol–water partition coefficient (Wildman–Crippen LogP) is 2.18. The summed E-state index contributed by atoms with van der Waals surface area (Å²) in [7, 11) is 0. The van der Waals surface area contributed by atoms with Gasteiger partial charge in [-0.25, -0.2) is 0 Å². The van der Waals surface area contributed by atoms with E-state index >= 15 is 0 Å². The first-order valence-electron chi connectivity index (χ1n) is 7.32. The molecule has 21 heavy (non-hydrogen) atoms. The van der Waals surface area contributed by atoms with E-state index in [0.717, 1.165) is 0 Å². The van der Waals surface area contributed by atoms with E-state index in [1.54, 1.807) is 27.7 Å². The molecule has 0 aliphatic rings. The Morgan fingerprint density at radius 2 is 1.52 bits per heavy atom. The lowest BCUT2D eigenvalue weighted by molar-refractivity contribution is -0.162. The fourth-order valence-corrected chi connectivity index (χ4v) is 1.30. The van der Waals surface area contributed by atoms with Gasteiger partial charge in [-0.2, -0.15) is 0 Å². The van der Waals surface area contributed by atoms with Gasteiger partial charge < -0.3 is 14.2 Å². The van der Waals surface area contributed by atoms with Gasteiger partial charge >= 0.3 is 5.97 Å². The maximum Gasteiger partial charge on any atom is 0.309 e. The van der Waals surface area contributed by atoms with Gasteiger partial charge in [0.1, 0.15) is 0 Å². The van der Waals surface area contributed by atoms with Gasteiger partial charge in [-0.05, 0) is 25.7 Å². The van der Waals surface area contributed by atoms with Crippen molar-refractivity contribution in [2.24, 2.45) is 11.8 Å². The number of carbonyl (C=O) groups excluding carboxylic acids is 2. The molecule has 5 heteroatoms. The number of esters is 1. The number of rotatable bonds is 8. The van der Waals surface area contributed by atoms with E-state index in [2.05, 4.69) is 11.8 Å². The van der Waals surface area contributed by atoms with Gasteiger partial charge in [-0.15, -0.1) is 0 Å². The van der Waals surface area contributed by atoms with E-state index in [0.29, 0.717) is 13.2 Å². The average molecular weight is 298 g/mol. The van der Waals surface area contributed by atoms with Crippen LogP contribution in [-0.4, -0.2) is 37.4 Å². The van der Waals surface area contributed by atoms with E-state index in [1.165, 1.54) is 0 Å². The fourth-order valence-electron chi connectivity index (χ4n) is 1.30. The van der Waals surface area contributed by atoms with E-state index in [1.807, 2.05) is 13.8 Å². The molecule has 1 unspecified atom stereocenters. The Labute approximate surface area is 127 Å². The van der Waals surface area contributed by atoms with Crippen molar-refractivity contribution >= 4 is 11.8 Å². The first-order valence-corrected chi connectivity index (χ1v) is 7.32. The third kappa shape index (κ3) is 7.84. The molecule has 120 valence electrons. The normalized spacial score (nSPS) is 12.2. The number of ether oxygens (including phenoxy) is 3. The van der Waals surface area contributed by atoms with E-state index < -0.39 is 18.2 Å². The van der Waals surface area contributed by atoms with E-state index in [4.69, 9.17) is 14.2 Å². The van der Waals surface area contributed by atoms with Crippen LogP contribution >= 0.6 is 0 Å². The summed E-state index contributed by atoms with van der Waals surface area (Å²) >= 11 is 0. The molecule has 0 aromatic carbocycles. The van der Waals surface area contributed by atoms with Crippen LogP contribution in [0.2, 0.25) is 0 Å². The van der Waals surface area contributed by atoms with E-state index in [9.17, 15) is 9.59 Å². The molecule has 0 heterocycles. The van der Waals surface area contributed by atoms with Crippen LogP contribution < -0.4 is 0 Å². The van der Waals surface area contributed by atoms with Crippen molar-refractivity contribution in [2.45, 2.75) is 53.9 Å². The van der Waals surface area contributed by atoms with Gasteiger partial charge in [0.25, 0.3) is 5.78 Å². The molecule has 0 aromatic heterocycles. The van der Waals surface area contributed by atoms with Crippen LogP contribution in [0, 0.1) is 23.7 Å². The Hall–Kier alpha value is -1.38. The van der Waals surface area contributed by atoms with Crippen LogP contribution in [0.3, 0.4) is 0 Å². The van der Waals surface area contributed by atoms with Crippen molar-refractivity contribution < 1.29 is 23.8 Å². The molecule has 0 saturated carbocycles. The van der Waals surface area contributed by atoms with Crippen LogP contribution in [0.4, 0.5) is 0 Å². The molecule has 0 aliphatic carbocycles. The molecule has 0 aliphatic heterocycles. The van der Waals surface area contributed by atoms with Gasteiger partial charge in [-0.3, -0.25) is 9.59 Å². The first kappa shape index (κ1) is 19.6. The second-order valence-electron chi connectivity index (χ2n) is 5.13. The van der Waals surface area contributed by atoms with Gasteiger partial charge in [0.2, 0.25) is 6.29 Å². The highest BCUT2D eigenvalue weighted by atomic mass is 16.7. The molecule has 0 radical (unpaired) electrons. The van der Waals surface area contributed by atoms with Crippen LogP contribution in [0.5, 0.6) is 0 Å². The molecule has 0 fully saturated rings. The highest BCUT2D eigenvalue weighted by molar-refractivity contribution is 5.98. The van der Waals surface area contributed by atoms with Crippen molar-refractivity contribution in [1.29, 1.82) is 0 Å². The molecular formula is C16H26O5. The SMILES string of the molecule is CCOC(OCC)C(=O)C#CC(OC(=O)C(C)C)C(C)C. The largest absolute Gasteiger partial charge is 0.449 e. The molecule has 1 atom stereocenters. The van der Waals surface area contributed by atoms with Crippen LogP contribution in [-0.2, 0) is 23.8 Å². The lowest BCUT2D eigenvalue weighted by atomic mass is 10.1. The predicted molar refractivity (Wildman–Crippen MR) is 79.4 cm³/mol. The number of ketones is 1. The summed E-state index contributed by atoms with van der Waals surface area (Å²) in [6.45, 7) is 11.5. The minimum Gasteiger partial charge on any atom is -0.449 e. The maximum atomic E-state index is 11.9. The molecule has 0 bridgehead atoms. The Kier molecular flexibility index (Phi) is 9.68. The lowest BCUT2D eigenvalue weighted by Gasteiger charge is -2.17.